The summed E-state index contributed by atoms with van der Waals surface area (Å²) >= 11 is 5.19. The minimum absolute atomic E-state index is 0.202. The molecule has 22 heavy (non-hydrogen) atoms. The third-order valence-corrected chi connectivity index (χ3v) is 3.46. The number of thiocarbonyl (C=S) groups is 1. The lowest BCUT2D eigenvalue weighted by molar-refractivity contribution is 0.0524. The van der Waals surface area contributed by atoms with E-state index in [1.807, 2.05) is 0 Å². The molecule has 8 heteroatoms. The second-order valence-corrected chi connectivity index (χ2v) is 5.29. The second-order valence-electron chi connectivity index (χ2n) is 4.88. The average Bonchev–Trinajstić information content (AvgIpc) is 2.98. The van der Waals surface area contributed by atoms with Crippen LogP contribution in [0.4, 0.5) is 5.95 Å². The van der Waals surface area contributed by atoms with Crippen LogP contribution in [0.3, 0.4) is 0 Å². The molecule has 0 radical (unpaired) electrons. The van der Waals surface area contributed by atoms with Crippen LogP contribution in [0, 0.1) is 6.92 Å². The highest BCUT2D eigenvalue weighted by molar-refractivity contribution is 7.80. The highest BCUT2D eigenvalue weighted by Crippen LogP contribution is 2.11. The van der Waals surface area contributed by atoms with Gasteiger partial charge in [0.2, 0.25) is 5.95 Å². The van der Waals surface area contributed by atoms with Gasteiger partial charge in [-0.05, 0) is 38.9 Å². The molecule has 1 atom stereocenters. The Balaban J connectivity index is 1.88. The van der Waals surface area contributed by atoms with Crippen molar-refractivity contribution in [2.24, 2.45) is 0 Å². The van der Waals surface area contributed by atoms with E-state index in [1.165, 1.54) is 6.20 Å². The first-order chi connectivity index (χ1) is 10.6. The fourth-order valence-electron chi connectivity index (χ4n) is 2.09. The number of ether oxygens (including phenoxy) is 2. The van der Waals surface area contributed by atoms with Gasteiger partial charge < -0.3 is 20.1 Å². The van der Waals surface area contributed by atoms with Gasteiger partial charge in [-0.25, -0.2) is 14.8 Å². The molecule has 120 valence electrons. The van der Waals surface area contributed by atoms with Gasteiger partial charge >= 0.3 is 5.97 Å². The Morgan fingerprint density at radius 3 is 3.05 bits per heavy atom. The van der Waals surface area contributed by atoms with Gasteiger partial charge in [0, 0.05) is 19.3 Å². The predicted octanol–water partition coefficient (Wildman–Crippen LogP) is 1.43. The Hall–Kier alpha value is -1.80. The summed E-state index contributed by atoms with van der Waals surface area (Å²) in [6, 6.07) is 0. The fraction of sp³-hybridized carbons (Fsp3) is 0.571. The average molecular weight is 324 g/mol. The zero-order valence-electron chi connectivity index (χ0n) is 12.7. The van der Waals surface area contributed by atoms with Crippen LogP contribution in [-0.2, 0) is 9.47 Å². The molecule has 1 saturated heterocycles. The molecule has 1 aromatic heterocycles. The molecule has 0 unspecified atom stereocenters. The third kappa shape index (κ3) is 4.60. The van der Waals surface area contributed by atoms with E-state index in [-0.39, 0.29) is 6.10 Å². The summed E-state index contributed by atoms with van der Waals surface area (Å²) in [4.78, 5) is 20.0. The van der Waals surface area contributed by atoms with E-state index in [1.54, 1.807) is 13.8 Å². The van der Waals surface area contributed by atoms with Gasteiger partial charge in [0.15, 0.2) is 5.11 Å². The first-order valence-electron chi connectivity index (χ1n) is 7.27. The van der Waals surface area contributed by atoms with E-state index < -0.39 is 5.97 Å². The highest BCUT2D eigenvalue weighted by atomic mass is 32.1. The Kier molecular flexibility index (Phi) is 6.02. The molecular weight excluding hydrogens is 304 g/mol. The SMILES string of the molecule is CCOC(=O)c1cnc(NC(=S)NC[C@@H]2CCCO2)nc1C. The van der Waals surface area contributed by atoms with Crippen molar-refractivity contribution in [2.45, 2.75) is 32.8 Å². The molecule has 0 bridgehead atoms. The van der Waals surface area contributed by atoms with Gasteiger partial charge in [0.25, 0.3) is 0 Å². The van der Waals surface area contributed by atoms with Crippen LogP contribution in [0.1, 0.15) is 35.8 Å². The van der Waals surface area contributed by atoms with E-state index in [9.17, 15) is 4.79 Å². The summed E-state index contributed by atoms with van der Waals surface area (Å²) in [5.74, 6) is -0.0824. The number of nitrogens with zero attached hydrogens (tertiary/aromatic N) is 2. The van der Waals surface area contributed by atoms with E-state index in [0.29, 0.717) is 35.5 Å². The summed E-state index contributed by atoms with van der Waals surface area (Å²) < 4.78 is 10.4. The number of esters is 1. The van der Waals surface area contributed by atoms with Crippen molar-refractivity contribution >= 4 is 29.2 Å². The summed E-state index contributed by atoms with van der Waals surface area (Å²) in [6.07, 6.45) is 3.77. The maximum atomic E-state index is 11.7. The topological polar surface area (TPSA) is 85.4 Å². The van der Waals surface area contributed by atoms with Crippen molar-refractivity contribution in [1.82, 2.24) is 15.3 Å². The lowest BCUT2D eigenvalue weighted by Gasteiger charge is -2.13. The molecular formula is C14H20N4O3S. The maximum Gasteiger partial charge on any atom is 0.341 e. The third-order valence-electron chi connectivity index (χ3n) is 3.21. The zero-order valence-corrected chi connectivity index (χ0v) is 13.5. The second kappa shape index (κ2) is 8.00. The molecule has 1 aliphatic heterocycles. The van der Waals surface area contributed by atoms with Crippen molar-refractivity contribution in [2.75, 3.05) is 25.1 Å². The van der Waals surface area contributed by atoms with E-state index >= 15 is 0 Å². The van der Waals surface area contributed by atoms with Crippen LogP contribution >= 0.6 is 12.2 Å². The molecule has 1 aromatic rings. The van der Waals surface area contributed by atoms with E-state index in [4.69, 9.17) is 21.7 Å². The van der Waals surface area contributed by atoms with Gasteiger partial charge in [-0.15, -0.1) is 0 Å². The van der Waals surface area contributed by atoms with Gasteiger partial charge in [0.1, 0.15) is 0 Å². The minimum Gasteiger partial charge on any atom is -0.462 e. The van der Waals surface area contributed by atoms with Crippen LogP contribution in [0.15, 0.2) is 6.20 Å². The number of hydrogen-bond donors (Lipinski definition) is 2. The van der Waals surface area contributed by atoms with Crippen molar-refractivity contribution in [3.63, 3.8) is 0 Å². The first-order valence-corrected chi connectivity index (χ1v) is 7.68. The number of anilines is 1. The normalized spacial score (nSPS) is 17.1. The molecule has 2 N–H and O–H groups in total. The van der Waals surface area contributed by atoms with Gasteiger partial charge in [-0.3, -0.25) is 0 Å². The minimum atomic E-state index is -0.425. The molecule has 0 spiro atoms. The van der Waals surface area contributed by atoms with Crippen molar-refractivity contribution in [3.8, 4) is 0 Å². The lowest BCUT2D eigenvalue weighted by atomic mass is 10.2. The van der Waals surface area contributed by atoms with Crippen LogP contribution in [0.5, 0.6) is 0 Å². The van der Waals surface area contributed by atoms with Crippen molar-refractivity contribution in [3.05, 3.63) is 17.5 Å². The number of carbonyl (C=O) groups is 1. The van der Waals surface area contributed by atoms with Crippen molar-refractivity contribution < 1.29 is 14.3 Å². The molecule has 1 aliphatic rings. The summed E-state index contributed by atoms with van der Waals surface area (Å²) in [6.45, 7) is 5.26. The van der Waals surface area contributed by atoms with Crippen molar-refractivity contribution in [1.29, 1.82) is 0 Å². The largest absolute Gasteiger partial charge is 0.462 e. The quantitative estimate of drug-likeness (QED) is 0.621. The monoisotopic (exact) mass is 324 g/mol. The molecule has 0 saturated carbocycles. The zero-order chi connectivity index (χ0) is 15.9. The number of aromatic nitrogens is 2. The predicted molar refractivity (Wildman–Crippen MR) is 85.9 cm³/mol. The Morgan fingerprint density at radius 2 is 2.41 bits per heavy atom. The fourth-order valence-corrected chi connectivity index (χ4v) is 2.27. The highest BCUT2D eigenvalue weighted by Gasteiger charge is 2.16. The number of rotatable bonds is 5. The van der Waals surface area contributed by atoms with Crippen LogP contribution in [-0.4, -0.2) is 46.9 Å². The molecule has 7 nitrogen and oxygen atoms in total. The van der Waals surface area contributed by atoms with Gasteiger partial charge in [-0.1, -0.05) is 0 Å². The first kappa shape index (κ1) is 16.6. The Morgan fingerprint density at radius 1 is 1.59 bits per heavy atom. The summed E-state index contributed by atoms with van der Waals surface area (Å²) in [5.41, 5.74) is 0.892. The van der Waals surface area contributed by atoms with E-state index in [0.717, 1.165) is 19.4 Å². The smallest absolute Gasteiger partial charge is 0.341 e. The lowest BCUT2D eigenvalue weighted by Crippen LogP contribution is -2.35. The maximum absolute atomic E-state index is 11.7. The number of nitrogens with one attached hydrogen (secondary N) is 2. The number of carbonyl (C=O) groups excluding carboxylic acids is 1. The Bertz CT molecular complexity index is 547. The van der Waals surface area contributed by atoms with Gasteiger partial charge in [-0.2, -0.15) is 0 Å². The molecule has 2 rings (SSSR count). The van der Waals surface area contributed by atoms with E-state index in [2.05, 4.69) is 20.6 Å². The van der Waals surface area contributed by atoms with Gasteiger partial charge in [0.05, 0.1) is 24.0 Å². The molecule has 2 heterocycles. The number of aryl methyl sites for hydroxylation is 1. The van der Waals surface area contributed by atoms with Crippen LogP contribution in [0.25, 0.3) is 0 Å². The van der Waals surface area contributed by atoms with Crippen LogP contribution < -0.4 is 10.6 Å². The standard InChI is InChI=1S/C14H20N4O3S/c1-3-20-12(19)11-8-15-13(17-9(11)2)18-14(22)16-7-10-5-4-6-21-10/h8,10H,3-7H2,1-2H3,(H2,15,16,17,18,22)/t10-/m0/s1. The molecule has 0 aliphatic carbocycles. The van der Waals surface area contributed by atoms with Crippen LogP contribution in [0.2, 0.25) is 0 Å². The number of hydrogen-bond acceptors (Lipinski definition) is 6. The summed E-state index contributed by atoms with van der Waals surface area (Å²) in [7, 11) is 0. The molecule has 1 fully saturated rings. The molecule has 0 aromatic carbocycles. The Labute approximate surface area is 134 Å². The molecule has 0 amide bonds. The summed E-state index contributed by atoms with van der Waals surface area (Å²) in [5, 5.41) is 6.40.